The van der Waals surface area contributed by atoms with E-state index in [9.17, 15) is 5.11 Å². The van der Waals surface area contributed by atoms with Crippen molar-refractivity contribution in [1.29, 1.82) is 0 Å². The van der Waals surface area contributed by atoms with Crippen LogP contribution in [0.25, 0.3) is 10.8 Å². The minimum Gasteiger partial charge on any atom is -0.487 e. The van der Waals surface area contributed by atoms with Gasteiger partial charge in [0.2, 0.25) is 0 Å². The average molecular weight is 263 g/mol. The number of fused-ring (bicyclic) bond motifs is 1. The molecule has 2 nitrogen and oxygen atoms in total. The lowest BCUT2D eigenvalue weighted by Gasteiger charge is -2.18. The first-order chi connectivity index (χ1) is 8.75. The lowest BCUT2D eigenvalue weighted by atomic mass is 10.1. The van der Waals surface area contributed by atoms with Gasteiger partial charge in [0.25, 0.3) is 0 Å². The summed E-state index contributed by atoms with van der Waals surface area (Å²) in [6.07, 6.45) is 2.33. The summed E-state index contributed by atoms with van der Waals surface area (Å²) >= 11 is 6.17. The number of benzene rings is 2. The Kier molecular flexibility index (Phi) is 3.14. The number of rotatable bonds is 2. The Balaban J connectivity index is 1.99. The molecule has 1 N–H and O–H groups in total. The summed E-state index contributed by atoms with van der Waals surface area (Å²) in [5, 5.41) is 12.5. The molecule has 1 saturated carbocycles. The van der Waals surface area contributed by atoms with Gasteiger partial charge in [-0.25, -0.2) is 0 Å². The molecule has 2 atom stereocenters. The summed E-state index contributed by atoms with van der Waals surface area (Å²) in [6, 6.07) is 11.6. The number of hydrogen-bond acceptors (Lipinski definition) is 2. The fourth-order valence-corrected chi connectivity index (χ4v) is 2.77. The Morgan fingerprint density at radius 2 is 1.83 bits per heavy atom. The summed E-state index contributed by atoms with van der Waals surface area (Å²) in [5.41, 5.74) is 0. The highest BCUT2D eigenvalue weighted by Gasteiger charge is 2.27. The van der Waals surface area contributed by atoms with Crippen LogP contribution in [0.4, 0.5) is 0 Å². The summed E-state index contributed by atoms with van der Waals surface area (Å²) in [4.78, 5) is 0. The maximum absolute atomic E-state index is 9.83. The van der Waals surface area contributed by atoms with Crippen molar-refractivity contribution in [3.63, 3.8) is 0 Å². The van der Waals surface area contributed by atoms with Gasteiger partial charge in [0.15, 0.2) is 0 Å². The van der Waals surface area contributed by atoms with Gasteiger partial charge in [-0.15, -0.1) is 0 Å². The van der Waals surface area contributed by atoms with E-state index in [4.69, 9.17) is 16.3 Å². The van der Waals surface area contributed by atoms with E-state index >= 15 is 0 Å². The van der Waals surface area contributed by atoms with Crippen LogP contribution >= 0.6 is 11.6 Å². The number of aliphatic hydroxyl groups excluding tert-OH is 1. The molecule has 0 heterocycles. The topological polar surface area (TPSA) is 29.5 Å². The van der Waals surface area contributed by atoms with Crippen LogP contribution in [0.1, 0.15) is 19.3 Å². The molecule has 0 amide bonds. The fraction of sp³-hybridized carbons (Fsp3) is 0.333. The van der Waals surface area contributed by atoms with E-state index in [1.165, 1.54) is 0 Å². The van der Waals surface area contributed by atoms with Gasteiger partial charge in [-0.05, 0) is 31.4 Å². The largest absolute Gasteiger partial charge is 0.487 e. The normalized spacial score (nSPS) is 23.4. The van der Waals surface area contributed by atoms with Gasteiger partial charge in [-0.1, -0.05) is 35.9 Å². The maximum atomic E-state index is 9.83. The Labute approximate surface area is 111 Å². The van der Waals surface area contributed by atoms with E-state index in [0.29, 0.717) is 0 Å². The molecule has 3 heteroatoms. The highest BCUT2D eigenvalue weighted by molar-refractivity contribution is 6.35. The Morgan fingerprint density at radius 1 is 1.06 bits per heavy atom. The average Bonchev–Trinajstić information content (AvgIpc) is 2.79. The van der Waals surface area contributed by atoms with Gasteiger partial charge in [-0.3, -0.25) is 0 Å². The van der Waals surface area contributed by atoms with Gasteiger partial charge in [0.05, 0.1) is 6.10 Å². The minimum atomic E-state index is -0.348. The Bertz CT molecular complexity index is 567. The molecule has 0 spiro atoms. The molecule has 1 aliphatic rings. The second kappa shape index (κ2) is 4.79. The van der Waals surface area contributed by atoms with Crippen LogP contribution in [-0.4, -0.2) is 17.3 Å². The summed E-state index contributed by atoms with van der Waals surface area (Å²) in [6.45, 7) is 0. The van der Waals surface area contributed by atoms with Crippen molar-refractivity contribution in [2.24, 2.45) is 0 Å². The summed E-state index contributed by atoms with van der Waals surface area (Å²) in [7, 11) is 0. The third kappa shape index (κ3) is 2.06. The lowest BCUT2D eigenvalue weighted by Crippen LogP contribution is -2.25. The van der Waals surface area contributed by atoms with Crippen molar-refractivity contribution in [2.75, 3.05) is 0 Å². The van der Waals surface area contributed by atoms with Crippen LogP contribution in [0.15, 0.2) is 36.4 Å². The minimum absolute atomic E-state index is 0.0884. The van der Waals surface area contributed by atoms with Crippen molar-refractivity contribution in [3.8, 4) is 5.75 Å². The van der Waals surface area contributed by atoms with Crippen molar-refractivity contribution < 1.29 is 9.84 Å². The quantitative estimate of drug-likeness (QED) is 0.892. The van der Waals surface area contributed by atoms with E-state index in [-0.39, 0.29) is 12.2 Å². The van der Waals surface area contributed by atoms with E-state index in [2.05, 4.69) is 0 Å². The van der Waals surface area contributed by atoms with Crippen LogP contribution in [-0.2, 0) is 0 Å². The second-order valence-electron chi connectivity index (χ2n) is 4.75. The molecule has 0 aromatic heterocycles. The van der Waals surface area contributed by atoms with Crippen molar-refractivity contribution >= 4 is 22.4 Å². The maximum Gasteiger partial charge on any atom is 0.127 e. The number of halogens is 1. The van der Waals surface area contributed by atoms with Gasteiger partial charge in [-0.2, -0.15) is 0 Å². The first-order valence-corrected chi connectivity index (χ1v) is 6.65. The highest BCUT2D eigenvalue weighted by atomic mass is 35.5. The van der Waals surface area contributed by atoms with Crippen LogP contribution < -0.4 is 4.74 Å². The van der Waals surface area contributed by atoms with Crippen LogP contribution in [0.5, 0.6) is 5.75 Å². The van der Waals surface area contributed by atoms with Crippen LogP contribution in [0.3, 0.4) is 0 Å². The number of ether oxygens (including phenoxy) is 1. The zero-order chi connectivity index (χ0) is 12.5. The predicted molar refractivity (Wildman–Crippen MR) is 73.2 cm³/mol. The van der Waals surface area contributed by atoms with Crippen molar-refractivity contribution in [2.45, 2.75) is 31.5 Å². The molecular formula is C15H15ClO2. The molecule has 1 aliphatic carbocycles. The highest BCUT2D eigenvalue weighted by Crippen LogP contribution is 2.33. The summed E-state index contributed by atoms with van der Waals surface area (Å²) in [5.74, 6) is 0.806. The van der Waals surface area contributed by atoms with Crippen molar-refractivity contribution in [3.05, 3.63) is 41.4 Å². The van der Waals surface area contributed by atoms with Gasteiger partial charge < -0.3 is 9.84 Å². The molecule has 0 unspecified atom stereocenters. The van der Waals surface area contributed by atoms with E-state index in [1.807, 2.05) is 36.4 Å². The van der Waals surface area contributed by atoms with Crippen LogP contribution in [0.2, 0.25) is 5.02 Å². The third-order valence-corrected chi connectivity index (χ3v) is 3.86. The molecule has 2 aromatic carbocycles. The molecular weight excluding hydrogens is 248 g/mol. The van der Waals surface area contributed by atoms with Crippen molar-refractivity contribution in [1.82, 2.24) is 0 Å². The lowest BCUT2D eigenvalue weighted by molar-refractivity contribution is 0.0614. The number of hydrogen-bond donors (Lipinski definition) is 1. The molecule has 3 rings (SSSR count). The molecule has 18 heavy (non-hydrogen) atoms. The van der Waals surface area contributed by atoms with Crippen LogP contribution in [0, 0.1) is 0 Å². The third-order valence-electron chi connectivity index (χ3n) is 3.53. The standard InChI is InChI=1S/C15H15ClO2/c16-12-8-9-14(11-5-2-1-4-10(11)12)18-15-7-3-6-13(15)17/h1-2,4-5,8-9,13,15,17H,3,6-7H2/t13-,15-/m0/s1. The predicted octanol–water partition coefficient (Wildman–Crippen LogP) is 3.79. The molecule has 2 aromatic rings. The smallest absolute Gasteiger partial charge is 0.127 e. The molecule has 0 radical (unpaired) electrons. The van der Waals surface area contributed by atoms with Gasteiger partial charge in [0.1, 0.15) is 11.9 Å². The zero-order valence-corrected chi connectivity index (χ0v) is 10.7. The Morgan fingerprint density at radius 3 is 2.56 bits per heavy atom. The van der Waals surface area contributed by atoms with E-state index in [0.717, 1.165) is 40.8 Å². The molecule has 94 valence electrons. The molecule has 0 bridgehead atoms. The zero-order valence-electron chi connectivity index (χ0n) is 9.97. The van der Waals surface area contributed by atoms with E-state index < -0.39 is 0 Å². The monoisotopic (exact) mass is 262 g/mol. The molecule has 0 aliphatic heterocycles. The van der Waals surface area contributed by atoms with Gasteiger partial charge >= 0.3 is 0 Å². The first kappa shape index (κ1) is 11.8. The molecule has 0 saturated heterocycles. The summed E-state index contributed by atoms with van der Waals surface area (Å²) < 4.78 is 5.95. The second-order valence-corrected chi connectivity index (χ2v) is 5.15. The molecule has 1 fully saturated rings. The Hall–Kier alpha value is -1.25. The first-order valence-electron chi connectivity index (χ1n) is 6.27. The van der Waals surface area contributed by atoms with E-state index in [1.54, 1.807) is 0 Å². The fourth-order valence-electron chi connectivity index (χ4n) is 2.54. The number of aliphatic hydroxyl groups is 1. The van der Waals surface area contributed by atoms with Gasteiger partial charge in [0, 0.05) is 15.8 Å². The SMILES string of the molecule is O[C@H]1CCC[C@@H]1Oc1ccc(Cl)c2ccccc12.